The third-order valence-corrected chi connectivity index (χ3v) is 5.90. The number of aryl methyl sites for hydroxylation is 2. The molecule has 0 fully saturated rings. The zero-order valence-electron chi connectivity index (χ0n) is 22.4. The van der Waals surface area contributed by atoms with E-state index in [1.165, 1.54) is 12.1 Å². The number of hydrogen-bond acceptors (Lipinski definition) is 5. The van der Waals surface area contributed by atoms with E-state index in [4.69, 9.17) is 11.5 Å². The van der Waals surface area contributed by atoms with Gasteiger partial charge in [-0.25, -0.2) is 0 Å². The van der Waals surface area contributed by atoms with E-state index in [1.807, 2.05) is 0 Å². The Labute approximate surface area is 250 Å². The van der Waals surface area contributed by atoms with Crippen LogP contribution < -0.4 is 32.7 Å². The lowest BCUT2D eigenvalue weighted by molar-refractivity contribution is -0.120. The van der Waals surface area contributed by atoms with Gasteiger partial charge in [0.25, 0.3) is 17.7 Å². The first-order valence-electron chi connectivity index (χ1n) is 12.0. The number of guanidine groups is 1. The molecule has 220 valence electrons. The fourth-order valence-corrected chi connectivity index (χ4v) is 3.77. The maximum absolute atomic E-state index is 12.9. The van der Waals surface area contributed by atoms with Crippen LogP contribution in [-0.2, 0) is 30.1 Å². The quantitative estimate of drug-likeness (QED) is 0.0672. The number of hydrogen-bond donors (Lipinski definition) is 7. The van der Waals surface area contributed by atoms with Gasteiger partial charge in [0.15, 0.2) is 5.96 Å². The highest BCUT2D eigenvalue weighted by molar-refractivity contribution is 9.12. The van der Waals surface area contributed by atoms with Crippen molar-refractivity contribution in [3.05, 3.63) is 64.9 Å². The summed E-state index contributed by atoms with van der Waals surface area (Å²) in [5, 5.41) is 10.9. The maximum atomic E-state index is 12.9. The Morgan fingerprint density at radius 1 is 0.951 bits per heavy atom. The molecule has 3 aromatic heterocycles. The average Bonchev–Trinajstić information content (AvgIpc) is 3.56. The zero-order chi connectivity index (χ0) is 29.4. The van der Waals surface area contributed by atoms with Crippen molar-refractivity contribution >= 4 is 75.0 Å². The Kier molecular flexibility index (Phi) is 11.8. The Balaban J connectivity index is 0.00000588. The van der Waals surface area contributed by atoms with Gasteiger partial charge in [-0.2, -0.15) is 0 Å². The number of amides is 4. The molecule has 16 heteroatoms. The highest BCUT2D eigenvalue weighted by atomic mass is 79.9. The summed E-state index contributed by atoms with van der Waals surface area (Å²) in [4.78, 5) is 56.5. The van der Waals surface area contributed by atoms with Crippen LogP contribution in [0.15, 0.2) is 52.8 Å². The van der Waals surface area contributed by atoms with Gasteiger partial charge in [-0.1, -0.05) is 6.58 Å². The van der Waals surface area contributed by atoms with Crippen molar-refractivity contribution < 1.29 is 19.2 Å². The van der Waals surface area contributed by atoms with Crippen LogP contribution in [0.25, 0.3) is 0 Å². The van der Waals surface area contributed by atoms with Gasteiger partial charge in [0, 0.05) is 51.5 Å². The number of nitrogens with zero attached hydrogens (tertiary/aromatic N) is 3. The molecule has 0 saturated carbocycles. The molecular formula is C25H32BrClN10O4. The second kappa shape index (κ2) is 14.8. The summed E-state index contributed by atoms with van der Waals surface area (Å²) in [6.45, 7) is 4.37. The Hall–Kier alpha value is -4.50. The SMILES string of the molecule is C=C(Br)C(=O)Nc1cc(C(=O)Nc2cc(C(=O)Nc3c[nH]c(CC(=O)NCCCN=C(N)N)c3)n(C)c2)n(C)c1.Cl. The number of nitrogens with one attached hydrogen (secondary N) is 5. The highest BCUT2D eigenvalue weighted by Gasteiger charge is 2.18. The number of anilines is 3. The van der Waals surface area contributed by atoms with Crippen molar-refractivity contribution in [3.8, 4) is 0 Å². The van der Waals surface area contributed by atoms with Gasteiger partial charge < -0.3 is 46.9 Å². The molecule has 0 aromatic carbocycles. The number of rotatable bonds is 12. The number of aliphatic imine (C=N–C) groups is 1. The highest BCUT2D eigenvalue weighted by Crippen LogP contribution is 2.19. The predicted molar refractivity (Wildman–Crippen MR) is 163 cm³/mol. The molecule has 41 heavy (non-hydrogen) atoms. The molecule has 9 N–H and O–H groups in total. The minimum Gasteiger partial charge on any atom is -0.370 e. The topological polar surface area (TPSA) is 206 Å². The molecule has 4 amide bonds. The van der Waals surface area contributed by atoms with Crippen LogP contribution in [0.3, 0.4) is 0 Å². The maximum Gasteiger partial charge on any atom is 0.272 e. The number of aromatic amines is 1. The lowest BCUT2D eigenvalue weighted by Crippen LogP contribution is -2.27. The van der Waals surface area contributed by atoms with Crippen molar-refractivity contribution in [2.75, 3.05) is 29.0 Å². The summed E-state index contributed by atoms with van der Waals surface area (Å²) in [6.07, 6.45) is 5.49. The molecule has 0 aliphatic heterocycles. The number of carbonyl (C=O) groups is 4. The Bertz CT molecular complexity index is 1470. The van der Waals surface area contributed by atoms with Crippen molar-refractivity contribution in [2.24, 2.45) is 30.6 Å². The molecule has 0 atom stereocenters. The first-order chi connectivity index (χ1) is 18.9. The van der Waals surface area contributed by atoms with E-state index in [2.05, 4.69) is 53.8 Å². The number of carbonyl (C=O) groups excluding carboxylic acids is 4. The number of nitrogens with two attached hydrogens (primary N) is 2. The van der Waals surface area contributed by atoms with Crippen molar-refractivity contribution in [1.29, 1.82) is 0 Å². The van der Waals surface area contributed by atoms with E-state index in [-0.39, 0.29) is 35.2 Å². The first-order valence-corrected chi connectivity index (χ1v) is 12.8. The summed E-state index contributed by atoms with van der Waals surface area (Å²) in [7, 11) is 3.34. The van der Waals surface area contributed by atoms with Gasteiger partial charge in [0.2, 0.25) is 5.91 Å². The fraction of sp³-hybridized carbons (Fsp3) is 0.240. The molecule has 14 nitrogen and oxygen atoms in total. The van der Waals surface area contributed by atoms with Crippen molar-refractivity contribution in [1.82, 2.24) is 19.4 Å². The molecule has 3 heterocycles. The minimum absolute atomic E-state index is 0. The van der Waals surface area contributed by atoms with E-state index in [1.54, 1.807) is 47.9 Å². The summed E-state index contributed by atoms with van der Waals surface area (Å²) >= 11 is 3.01. The van der Waals surface area contributed by atoms with E-state index in [0.717, 1.165) is 0 Å². The molecule has 3 rings (SSSR count). The molecule has 0 unspecified atom stereocenters. The Morgan fingerprint density at radius 2 is 1.51 bits per heavy atom. The van der Waals surface area contributed by atoms with Crippen LogP contribution in [-0.4, -0.2) is 56.8 Å². The van der Waals surface area contributed by atoms with Gasteiger partial charge in [0.05, 0.1) is 28.0 Å². The van der Waals surface area contributed by atoms with Gasteiger partial charge in [0.1, 0.15) is 11.4 Å². The summed E-state index contributed by atoms with van der Waals surface area (Å²) in [6, 6.07) is 4.73. The van der Waals surface area contributed by atoms with Crippen LogP contribution in [0.5, 0.6) is 0 Å². The zero-order valence-corrected chi connectivity index (χ0v) is 24.8. The fourth-order valence-electron chi connectivity index (χ4n) is 3.67. The van der Waals surface area contributed by atoms with Gasteiger partial charge >= 0.3 is 0 Å². The lowest BCUT2D eigenvalue weighted by Gasteiger charge is -2.04. The number of aromatic nitrogens is 3. The van der Waals surface area contributed by atoms with Crippen LogP contribution in [0, 0.1) is 0 Å². The minimum atomic E-state index is -0.428. The summed E-state index contributed by atoms with van der Waals surface area (Å²) in [5.74, 6) is -1.44. The smallest absolute Gasteiger partial charge is 0.272 e. The van der Waals surface area contributed by atoms with Crippen LogP contribution in [0.2, 0.25) is 0 Å². The molecule has 0 radical (unpaired) electrons. The molecule has 0 spiro atoms. The number of H-pyrrole nitrogens is 1. The standard InChI is InChI=1S/C25H31BrN10O4.ClH/c1-14(26)22(38)33-17-8-20(35(2)12-17)24(40)34-18-9-19(36(3)13-18)23(39)32-16-7-15(31-11-16)10-21(37)29-5-4-6-30-25(27)28;/h7-9,11-13,31H,1,4-6,10H2,2-3H3,(H,29,37)(H,32,39)(H,33,38)(H,34,40)(H4,27,28,30);1H. The largest absolute Gasteiger partial charge is 0.370 e. The Morgan fingerprint density at radius 3 is 2.07 bits per heavy atom. The summed E-state index contributed by atoms with van der Waals surface area (Å²) in [5.41, 5.74) is 13.1. The lowest BCUT2D eigenvalue weighted by atomic mass is 10.3. The third-order valence-electron chi connectivity index (χ3n) is 5.54. The molecule has 0 saturated heterocycles. The average molecular weight is 652 g/mol. The predicted octanol–water partition coefficient (Wildman–Crippen LogP) is 1.79. The third kappa shape index (κ3) is 9.58. The van der Waals surface area contributed by atoms with E-state index >= 15 is 0 Å². The normalized spacial score (nSPS) is 10.2. The van der Waals surface area contributed by atoms with Gasteiger partial charge in [-0.05, 0) is 40.5 Å². The molecule has 0 aliphatic carbocycles. The molecule has 0 bridgehead atoms. The van der Waals surface area contributed by atoms with Crippen molar-refractivity contribution in [2.45, 2.75) is 12.8 Å². The second-order valence-electron chi connectivity index (χ2n) is 8.82. The second-order valence-corrected chi connectivity index (χ2v) is 9.77. The van der Waals surface area contributed by atoms with Gasteiger partial charge in [-0.15, -0.1) is 12.4 Å². The van der Waals surface area contributed by atoms with Crippen LogP contribution in [0.4, 0.5) is 17.1 Å². The molecular weight excluding hydrogens is 620 g/mol. The molecule has 3 aromatic rings. The van der Waals surface area contributed by atoms with E-state index in [9.17, 15) is 19.2 Å². The van der Waals surface area contributed by atoms with Crippen molar-refractivity contribution in [3.63, 3.8) is 0 Å². The van der Waals surface area contributed by atoms with Gasteiger partial charge in [-0.3, -0.25) is 24.2 Å². The van der Waals surface area contributed by atoms with E-state index < -0.39 is 17.7 Å². The molecule has 0 aliphatic rings. The first kappa shape index (κ1) is 32.7. The number of halogens is 2. The monoisotopic (exact) mass is 650 g/mol. The summed E-state index contributed by atoms with van der Waals surface area (Å²) < 4.78 is 3.30. The van der Waals surface area contributed by atoms with Crippen LogP contribution >= 0.6 is 28.3 Å². The van der Waals surface area contributed by atoms with Crippen LogP contribution in [0.1, 0.15) is 33.1 Å². The van der Waals surface area contributed by atoms with E-state index in [0.29, 0.717) is 53.7 Å².